The van der Waals surface area contributed by atoms with Gasteiger partial charge in [-0.25, -0.2) is 0 Å². The Bertz CT molecular complexity index is 853. The molecule has 0 spiro atoms. The van der Waals surface area contributed by atoms with Gasteiger partial charge in [-0.05, 0) is 32.0 Å². The third-order valence-corrected chi connectivity index (χ3v) is 4.16. The first kappa shape index (κ1) is 18.5. The Balaban J connectivity index is 2.24. The molecule has 1 heterocycles. The number of nitrogens with one attached hydrogen (secondary N) is 3. The molecule has 0 atom stereocenters. The molecule has 9 heteroatoms. The normalized spacial score (nSPS) is 11.0. The zero-order chi connectivity index (χ0) is 18.4. The molecular formula is C16H20N4O4S. The highest BCUT2D eigenvalue weighted by Gasteiger charge is 2.23. The molecule has 8 nitrogen and oxygen atoms in total. The van der Waals surface area contributed by atoms with E-state index in [4.69, 9.17) is 4.74 Å². The van der Waals surface area contributed by atoms with Crippen LogP contribution in [0, 0.1) is 0 Å². The number of carbonyl (C=O) groups excluding carboxylic acids is 1. The van der Waals surface area contributed by atoms with E-state index in [9.17, 15) is 13.2 Å². The third kappa shape index (κ3) is 5.08. The summed E-state index contributed by atoms with van der Waals surface area (Å²) in [5.41, 5.74) is 1.30. The number of benzene rings is 1. The molecule has 0 aliphatic carbocycles. The zero-order valence-electron chi connectivity index (χ0n) is 14.1. The smallest absolute Gasteiger partial charge is 0.357 e. The molecule has 1 aromatic carbocycles. The summed E-state index contributed by atoms with van der Waals surface area (Å²) in [6, 6.07) is 8.43. The van der Waals surface area contributed by atoms with E-state index in [1.807, 2.05) is 0 Å². The molecule has 2 rings (SSSR count). The first-order valence-electron chi connectivity index (χ1n) is 7.50. The number of sulfonamides is 1. The van der Waals surface area contributed by atoms with Crippen molar-refractivity contribution in [3.63, 3.8) is 0 Å². The average molecular weight is 364 g/mol. The Morgan fingerprint density at radius 1 is 1.20 bits per heavy atom. The second-order valence-electron chi connectivity index (χ2n) is 5.47. The number of nitrogens with zero attached hydrogens (tertiary/aromatic N) is 1. The van der Waals surface area contributed by atoms with Crippen molar-refractivity contribution < 1.29 is 17.9 Å². The summed E-state index contributed by atoms with van der Waals surface area (Å²) in [4.78, 5) is 15.7. The van der Waals surface area contributed by atoms with Crippen LogP contribution in [-0.2, 0) is 10.0 Å². The largest absolute Gasteiger partial charge is 0.497 e. The Morgan fingerprint density at radius 2 is 1.96 bits per heavy atom. The van der Waals surface area contributed by atoms with Crippen LogP contribution in [0.3, 0.4) is 0 Å². The quantitative estimate of drug-likeness (QED) is 0.727. The van der Waals surface area contributed by atoms with Crippen LogP contribution in [0.4, 0.5) is 21.9 Å². The lowest BCUT2D eigenvalue weighted by Gasteiger charge is -2.14. The highest BCUT2D eigenvalue weighted by molar-refractivity contribution is 8.07. The fourth-order valence-corrected chi connectivity index (χ4v) is 2.88. The lowest BCUT2D eigenvalue weighted by molar-refractivity contribution is 0.256. The van der Waals surface area contributed by atoms with Crippen LogP contribution in [0.15, 0.2) is 42.7 Å². The number of hydrogen-bond acceptors (Lipinski definition) is 6. The van der Waals surface area contributed by atoms with Crippen LogP contribution < -0.4 is 20.1 Å². The molecule has 0 aliphatic rings. The van der Waals surface area contributed by atoms with E-state index in [1.165, 1.54) is 12.4 Å². The Labute approximate surface area is 146 Å². The lowest BCUT2D eigenvalue weighted by atomic mass is 10.2. The van der Waals surface area contributed by atoms with Crippen molar-refractivity contribution in [1.29, 1.82) is 0 Å². The first-order valence-corrected chi connectivity index (χ1v) is 8.98. The number of aromatic nitrogens is 1. The highest BCUT2D eigenvalue weighted by atomic mass is 32.2. The van der Waals surface area contributed by atoms with Gasteiger partial charge in [0.2, 0.25) is 0 Å². The summed E-state index contributed by atoms with van der Waals surface area (Å²) >= 11 is 0. The van der Waals surface area contributed by atoms with E-state index in [0.717, 1.165) is 0 Å². The van der Waals surface area contributed by atoms with Crippen LogP contribution in [0.25, 0.3) is 0 Å². The van der Waals surface area contributed by atoms with E-state index >= 15 is 0 Å². The van der Waals surface area contributed by atoms with E-state index < -0.39 is 15.3 Å². The average Bonchev–Trinajstić information content (AvgIpc) is 2.56. The van der Waals surface area contributed by atoms with E-state index in [2.05, 4.69) is 20.3 Å². The molecule has 1 amide bonds. The number of carbonyl (C=O) groups is 1. The van der Waals surface area contributed by atoms with Gasteiger partial charge in [0, 0.05) is 24.0 Å². The minimum absolute atomic E-state index is 0.157. The maximum absolute atomic E-state index is 12.1. The second kappa shape index (κ2) is 7.84. The summed E-state index contributed by atoms with van der Waals surface area (Å²) in [6.45, 7) is 3.35. The van der Waals surface area contributed by atoms with Crippen molar-refractivity contribution in [2.24, 2.45) is 0 Å². The molecule has 0 unspecified atom stereocenters. The molecule has 0 radical (unpaired) electrons. The van der Waals surface area contributed by atoms with Crippen LogP contribution in [-0.4, -0.2) is 31.8 Å². The van der Waals surface area contributed by atoms with Crippen molar-refractivity contribution in [3.05, 3.63) is 42.7 Å². The molecule has 0 aliphatic heterocycles. The number of hydrogen-bond donors (Lipinski definition) is 3. The van der Waals surface area contributed by atoms with Gasteiger partial charge in [-0.2, -0.15) is 8.42 Å². The van der Waals surface area contributed by atoms with Gasteiger partial charge in [0.25, 0.3) is 0 Å². The van der Waals surface area contributed by atoms with Crippen LogP contribution >= 0.6 is 0 Å². The maximum atomic E-state index is 12.1. The summed E-state index contributed by atoms with van der Waals surface area (Å²) in [5.74, 6) is 0.650. The first-order chi connectivity index (χ1) is 11.8. The zero-order valence-corrected chi connectivity index (χ0v) is 14.9. The minimum atomic E-state index is -4.24. The molecule has 0 saturated carbocycles. The number of pyridine rings is 1. The fraction of sp³-hybridized carbons (Fsp3) is 0.250. The number of rotatable bonds is 6. The fourth-order valence-electron chi connectivity index (χ4n) is 1.95. The third-order valence-electron chi connectivity index (χ3n) is 3.06. The summed E-state index contributed by atoms with van der Waals surface area (Å²) in [6.07, 6.45) is 2.83. The maximum Gasteiger partial charge on any atom is 0.357 e. The topological polar surface area (TPSA) is 109 Å². The van der Waals surface area contributed by atoms with E-state index in [-0.39, 0.29) is 11.7 Å². The van der Waals surface area contributed by atoms with E-state index in [1.54, 1.807) is 51.3 Å². The van der Waals surface area contributed by atoms with Crippen molar-refractivity contribution in [1.82, 2.24) is 10.3 Å². The second-order valence-corrected chi connectivity index (χ2v) is 7.05. The molecular weight excluding hydrogens is 344 g/mol. The minimum Gasteiger partial charge on any atom is -0.497 e. The molecule has 0 bridgehead atoms. The monoisotopic (exact) mass is 364 g/mol. The Hall–Kier alpha value is -2.81. The molecule has 0 fully saturated rings. The van der Waals surface area contributed by atoms with Gasteiger partial charge in [-0.1, -0.05) is 6.07 Å². The molecule has 25 heavy (non-hydrogen) atoms. The highest BCUT2D eigenvalue weighted by Crippen LogP contribution is 2.27. The van der Waals surface area contributed by atoms with Crippen molar-refractivity contribution in [2.45, 2.75) is 19.9 Å². The molecule has 134 valence electrons. The summed E-state index contributed by atoms with van der Waals surface area (Å²) in [7, 11) is -2.69. The van der Waals surface area contributed by atoms with Gasteiger partial charge in [0.15, 0.2) is 0 Å². The van der Waals surface area contributed by atoms with Gasteiger partial charge in [-0.3, -0.25) is 14.5 Å². The SMILES string of the molecule is COc1cccc(Nc2ccncc2NS(=O)(=O)C(=O)NC(C)C)c1. The van der Waals surface area contributed by atoms with Crippen molar-refractivity contribution >= 4 is 32.3 Å². The number of amides is 1. The Morgan fingerprint density at radius 3 is 2.64 bits per heavy atom. The molecule has 2 aromatic rings. The number of methoxy groups -OCH3 is 1. The van der Waals surface area contributed by atoms with Gasteiger partial charge in [-0.15, -0.1) is 0 Å². The Kier molecular flexibility index (Phi) is 5.81. The van der Waals surface area contributed by atoms with E-state index in [0.29, 0.717) is 17.1 Å². The summed E-state index contributed by atoms with van der Waals surface area (Å²) in [5, 5.41) is 4.31. The van der Waals surface area contributed by atoms with Crippen molar-refractivity contribution in [2.75, 3.05) is 17.1 Å². The van der Waals surface area contributed by atoms with Crippen molar-refractivity contribution in [3.8, 4) is 5.75 Å². The van der Waals surface area contributed by atoms with Crippen LogP contribution in [0.2, 0.25) is 0 Å². The number of ether oxygens (including phenoxy) is 1. The van der Waals surface area contributed by atoms with Gasteiger partial charge in [0.05, 0.1) is 24.7 Å². The van der Waals surface area contributed by atoms with Crippen LogP contribution in [0.1, 0.15) is 13.8 Å². The molecule has 1 aromatic heterocycles. The summed E-state index contributed by atoms with van der Waals surface area (Å²) < 4.78 is 31.7. The van der Waals surface area contributed by atoms with Gasteiger partial charge >= 0.3 is 15.3 Å². The van der Waals surface area contributed by atoms with Crippen LogP contribution in [0.5, 0.6) is 5.75 Å². The van der Waals surface area contributed by atoms with Gasteiger partial charge < -0.3 is 15.4 Å². The number of anilines is 3. The molecule has 0 saturated heterocycles. The molecule has 3 N–H and O–H groups in total. The van der Waals surface area contributed by atoms with Gasteiger partial charge in [0.1, 0.15) is 5.75 Å². The predicted molar refractivity (Wildman–Crippen MR) is 96.7 cm³/mol. The standard InChI is InChI=1S/C16H20N4O4S/c1-11(2)18-16(21)25(22,23)20-15-10-17-8-7-14(15)19-12-5-4-6-13(9-12)24-3/h4-11,20H,1-3H3,(H,17,19)(H,18,21). The lowest BCUT2D eigenvalue weighted by Crippen LogP contribution is -2.37. The predicted octanol–water partition coefficient (Wildman–Crippen LogP) is 2.69.